The summed E-state index contributed by atoms with van der Waals surface area (Å²) >= 11 is 0. The van der Waals surface area contributed by atoms with E-state index >= 15 is 0 Å². The first-order valence-electron chi connectivity index (χ1n) is 8.79. The second-order valence-electron chi connectivity index (χ2n) is 6.04. The first-order valence-corrected chi connectivity index (χ1v) is 8.79. The number of carbonyl (C=O) groups is 1. The maximum Gasteiger partial charge on any atom is 0.328 e. The number of carboxylic acids is 1. The molecule has 0 amide bonds. The lowest BCUT2D eigenvalue weighted by Crippen LogP contribution is -1.90. The molecule has 130 valence electrons. The number of aryl methyl sites for hydroxylation is 1. The number of hydrogen-bond donors (Lipinski definition) is 1. The van der Waals surface area contributed by atoms with Gasteiger partial charge in [-0.2, -0.15) is 0 Å². The van der Waals surface area contributed by atoms with Crippen molar-refractivity contribution in [1.29, 1.82) is 0 Å². The van der Waals surface area contributed by atoms with Crippen molar-refractivity contribution < 1.29 is 9.90 Å². The number of nitrogens with zero attached hydrogens (tertiary/aromatic N) is 1. The summed E-state index contributed by atoms with van der Waals surface area (Å²) in [4.78, 5) is 14.9. The summed E-state index contributed by atoms with van der Waals surface area (Å²) in [5.74, 6) is -0.933. The minimum atomic E-state index is -0.933. The minimum Gasteiger partial charge on any atom is -0.478 e. The molecule has 3 heteroatoms. The molecule has 3 nitrogen and oxygen atoms in total. The van der Waals surface area contributed by atoms with Gasteiger partial charge in [0.05, 0.1) is 5.69 Å². The van der Waals surface area contributed by atoms with Crippen molar-refractivity contribution in [2.24, 2.45) is 0 Å². The van der Waals surface area contributed by atoms with Gasteiger partial charge in [0.25, 0.3) is 0 Å². The van der Waals surface area contributed by atoms with Gasteiger partial charge in [0.15, 0.2) is 0 Å². The highest BCUT2D eigenvalue weighted by Crippen LogP contribution is 2.19. The van der Waals surface area contributed by atoms with Crippen LogP contribution in [0.2, 0.25) is 0 Å². The topological polar surface area (TPSA) is 50.2 Å². The molecule has 1 aromatic heterocycles. The molecule has 0 aliphatic carbocycles. The van der Waals surface area contributed by atoms with E-state index in [1.165, 1.54) is 36.5 Å². The van der Waals surface area contributed by atoms with Crippen LogP contribution in [0.5, 0.6) is 0 Å². The number of aliphatic carboxylic acids is 1. The molecule has 0 saturated carbocycles. The van der Waals surface area contributed by atoms with E-state index in [0.29, 0.717) is 0 Å². The fourth-order valence-corrected chi connectivity index (χ4v) is 2.55. The highest BCUT2D eigenvalue weighted by atomic mass is 16.4. The van der Waals surface area contributed by atoms with Crippen molar-refractivity contribution in [3.63, 3.8) is 0 Å². The molecule has 1 aromatic carbocycles. The number of hydrogen-bond acceptors (Lipinski definition) is 2. The Bertz CT molecular complexity index is 713. The Balaban J connectivity index is 1.91. The molecule has 2 rings (SSSR count). The molecule has 0 radical (unpaired) electrons. The molecule has 0 unspecified atom stereocenters. The van der Waals surface area contributed by atoms with Gasteiger partial charge in [0.2, 0.25) is 0 Å². The van der Waals surface area contributed by atoms with Crippen LogP contribution in [0, 0.1) is 0 Å². The summed E-state index contributed by atoms with van der Waals surface area (Å²) in [5, 5.41) is 8.51. The fraction of sp³-hybridized carbons (Fsp3) is 0.273. The highest BCUT2D eigenvalue weighted by Gasteiger charge is 2.00. The molecular formula is C22H25NO2. The zero-order valence-electron chi connectivity index (χ0n) is 14.7. The van der Waals surface area contributed by atoms with E-state index in [2.05, 4.69) is 48.3 Å². The molecule has 0 bridgehead atoms. The Morgan fingerprint density at radius 3 is 2.44 bits per heavy atom. The van der Waals surface area contributed by atoms with Gasteiger partial charge in [-0.25, -0.2) is 4.79 Å². The molecule has 0 aliphatic heterocycles. The van der Waals surface area contributed by atoms with Crippen LogP contribution >= 0.6 is 0 Å². The molecular weight excluding hydrogens is 310 g/mol. The lowest BCUT2D eigenvalue weighted by Gasteiger charge is -2.05. The number of carboxylic acid groups (broad SMARTS) is 1. The van der Waals surface area contributed by atoms with E-state index in [9.17, 15) is 4.79 Å². The third-order valence-corrected chi connectivity index (χ3v) is 3.98. The third kappa shape index (κ3) is 6.76. The van der Waals surface area contributed by atoms with Gasteiger partial charge in [-0.15, -0.1) is 0 Å². The Hall–Kier alpha value is -2.68. The van der Waals surface area contributed by atoms with Crippen LogP contribution in [-0.2, 0) is 17.6 Å². The maximum absolute atomic E-state index is 10.4. The van der Waals surface area contributed by atoms with Gasteiger partial charge in [-0.1, -0.05) is 68.3 Å². The maximum atomic E-state index is 10.4. The van der Waals surface area contributed by atoms with Gasteiger partial charge < -0.3 is 5.11 Å². The predicted octanol–water partition coefficient (Wildman–Crippen LogP) is 5.22. The summed E-state index contributed by atoms with van der Waals surface area (Å²) in [6.45, 7) is 2.22. The van der Waals surface area contributed by atoms with Crippen molar-refractivity contribution in [1.82, 2.24) is 4.98 Å². The van der Waals surface area contributed by atoms with Crippen LogP contribution < -0.4 is 0 Å². The first kappa shape index (κ1) is 18.7. The number of aromatic nitrogens is 1. The van der Waals surface area contributed by atoms with Crippen molar-refractivity contribution in [2.75, 3.05) is 0 Å². The Morgan fingerprint density at radius 2 is 1.80 bits per heavy atom. The van der Waals surface area contributed by atoms with Gasteiger partial charge in [-0.3, -0.25) is 4.98 Å². The second kappa shape index (κ2) is 10.2. The number of pyridine rings is 1. The molecule has 0 atom stereocenters. The molecule has 0 saturated heterocycles. The Labute approximate surface area is 149 Å². The third-order valence-electron chi connectivity index (χ3n) is 3.98. The largest absolute Gasteiger partial charge is 0.478 e. The summed E-state index contributed by atoms with van der Waals surface area (Å²) < 4.78 is 0. The number of allylic oxidation sites excluding steroid dienone is 3. The monoisotopic (exact) mass is 335 g/mol. The van der Waals surface area contributed by atoms with Gasteiger partial charge >= 0.3 is 5.97 Å². The molecule has 0 spiro atoms. The van der Waals surface area contributed by atoms with Crippen molar-refractivity contribution in [3.05, 3.63) is 78.0 Å². The lowest BCUT2D eigenvalue weighted by molar-refractivity contribution is -0.131. The van der Waals surface area contributed by atoms with Crippen LogP contribution in [0.3, 0.4) is 0 Å². The average Bonchev–Trinajstić information content (AvgIpc) is 2.63. The zero-order chi connectivity index (χ0) is 17.9. The average molecular weight is 335 g/mol. The molecule has 1 heterocycles. The minimum absolute atomic E-state index is 0.772. The van der Waals surface area contributed by atoms with Gasteiger partial charge in [0, 0.05) is 17.8 Å². The predicted molar refractivity (Wildman–Crippen MR) is 103 cm³/mol. The summed E-state index contributed by atoms with van der Waals surface area (Å²) in [6.07, 6.45) is 13.9. The van der Waals surface area contributed by atoms with E-state index in [0.717, 1.165) is 30.2 Å². The molecule has 25 heavy (non-hydrogen) atoms. The van der Waals surface area contributed by atoms with E-state index in [4.69, 9.17) is 5.11 Å². The quantitative estimate of drug-likeness (QED) is 0.388. The zero-order valence-corrected chi connectivity index (χ0v) is 14.7. The number of unbranched alkanes of at least 4 members (excludes halogenated alkanes) is 2. The summed E-state index contributed by atoms with van der Waals surface area (Å²) in [7, 11) is 0. The van der Waals surface area contributed by atoms with E-state index < -0.39 is 5.97 Å². The summed E-state index contributed by atoms with van der Waals surface area (Å²) in [6, 6.07) is 12.6. The molecule has 0 fully saturated rings. The van der Waals surface area contributed by atoms with Crippen LogP contribution in [-0.4, -0.2) is 16.1 Å². The van der Waals surface area contributed by atoms with Gasteiger partial charge in [0.1, 0.15) is 0 Å². The first-order chi connectivity index (χ1) is 12.2. The van der Waals surface area contributed by atoms with E-state index in [-0.39, 0.29) is 0 Å². The Kier molecular flexibility index (Phi) is 7.64. The smallest absolute Gasteiger partial charge is 0.328 e. The Morgan fingerprint density at radius 1 is 1.04 bits per heavy atom. The lowest BCUT2D eigenvalue weighted by atomic mass is 10.0. The molecule has 1 N–H and O–H groups in total. The fourth-order valence-electron chi connectivity index (χ4n) is 2.55. The van der Waals surface area contributed by atoms with E-state index in [1.54, 1.807) is 6.08 Å². The molecule has 0 aliphatic rings. The highest BCUT2D eigenvalue weighted by molar-refractivity contribution is 5.80. The SMILES string of the molecule is CCCCCc1ccc(-c2ccc(CC=CC=CC(=O)O)cc2)nc1. The van der Waals surface area contributed by atoms with Crippen molar-refractivity contribution >= 4 is 5.97 Å². The van der Waals surface area contributed by atoms with Crippen molar-refractivity contribution in [2.45, 2.75) is 39.0 Å². The van der Waals surface area contributed by atoms with E-state index in [1.807, 2.05) is 12.3 Å². The second-order valence-corrected chi connectivity index (χ2v) is 6.04. The summed E-state index contributed by atoms with van der Waals surface area (Å²) in [5.41, 5.74) is 4.58. The normalized spacial score (nSPS) is 11.4. The standard InChI is InChI=1S/C22H25NO2/c1-2-3-5-9-19-13-16-21(23-17-19)20-14-11-18(12-15-20)8-6-4-7-10-22(24)25/h4,6-7,10-17H,2-3,5,8-9H2,1H3,(H,24,25). The van der Waals surface area contributed by atoms with Crippen molar-refractivity contribution in [3.8, 4) is 11.3 Å². The van der Waals surface area contributed by atoms with Crippen LogP contribution in [0.1, 0.15) is 37.3 Å². The molecule has 2 aromatic rings. The van der Waals surface area contributed by atoms with Crippen LogP contribution in [0.25, 0.3) is 11.3 Å². The number of rotatable bonds is 9. The van der Waals surface area contributed by atoms with Crippen LogP contribution in [0.4, 0.5) is 0 Å². The number of benzene rings is 1. The van der Waals surface area contributed by atoms with Crippen LogP contribution in [0.15, 0.2) is 66.9 Å². The van der Waals surface area contributed by atoms with Gasteiger partial charge in [-0.05, 0) is 36.5 Å².